The fraction of sp³-hybridized carbons (Fsp3) is 0.400. The lowest BCUT2D eigenvalue weighted by atomic mass is 10.2. The summed E-state index contributed by atoms with van der Waals surface area (Å²) in [5, 5.41) is 18.5. The molecule has 132 valence electrons. The van der Waals surface area contributed by atoms with Crippen molar-refractivity contribution in [1.29, 1.82) is 0 Å². The molecule has 0 bridgehead atoms. The number of hydrogen-bond acceptors (Lipinski definition) is 2. The highest BCUT2D eigenvalue weighted by Gasteiger charge is 2.16. The van der Waals surface area contributed by atoms with Crippen molar-refractivity contribution in [2.45, 2.75) is 13.8 Å². The van der Waals surface area contributed by atoms with E-state index in [4.69, 9.17) is 0 Å². The zero-order valence-corrected chi connectivity index (χ0v) is 15.8. The zero-order valence-electron chi connectivity index (χ0n) is 15.8. The van der Waals surface area contributed by atoms with Crippen molar-refractivity contribution in [2.24, 2.45) is 0 Å². The van der Waals surface area contributed by atoms with Gasteiger partial charge in [-0.3, -0.25) is 8.97 Å². The average Bonchev–Trinajstić information content (AvgIpc) is 2.55. The molecule has 2 aromatic carbocycles. The first kappa shape index (κ1) is 20.0. The number of quaternary nitrogens is 2. The Morgan fingerprint density at radius 2 is 1.00 bits per heavy atom. The van der Waals surface area contributed by atoms with Gasteiger partial charge in [0.1, 0.15) is 22.9 Å². The molecule has 0 atom stereocenters. The van der Waals surface area contributed by atoms with Crippen LogP contribution in [0.1, 0.15) is 13.8 Å². The number of benzene rings is 2. The summed E-state index contributed by atoms with van der Waals surface area (Å²) in [6.45, 7) is 6.29. The van der Waals surface area contributed by atoms with Crippen molar-refractivity contribution < 1.29 is 10.2 Å². The van der Waals surface area contributed by atoms with E-state index < -0.39 is 0 Å². The molecule has 0 radical (unpaired) electrons. The summed E-state index contributed by atoms with van der Waals surface area (Å²) in [5.74, 6) is 0.680. The Morgan fingerprint density at radius 3 is 1.25 bits per heavy atom. The molecule has 2 rings (SSSR count). The summed E-state index contributed by atoms with van der Waals surface area (Å²) in [4.78, 5) is 0. The third-order valence-electron chi connectivity index (χ3n) is 4.64. The summed E-state index contributed by atoms with van der Waals surface area (Å²) in [6, 6.07) is 14.8. The summed E-state index contributed by atoms with van der Waals surface area (Å²) in [5.41, 5.74) is 2.27. The van der Waals surface area contributed by atoms with Crippen LogP contribution in [0.5, 0.6) is 11.5 Å². The normalized spacial score (nSPS) is 11.6. The Morgan fingerprint density at radius 1 is 0.667 bits per heavy atom. The highest BCUT2D eigenvalue weighted by atomic mass is 16.3. The molecule has 0 aliphatic rings. The van der Waals surface area contributed by atoms with Crippen LogP contribution in [0.3, 0.4) is 0 Å². The van der Waals surface area contributed by atoms with Gasteiger partial charge in [-0.15, -0.1) is 0 Å². The minimum absolute atomic E-state index is 0.340. The summed E-state index contributed by atoms with van der Waals surface area (Å²) < 4.78 is 1.60. The molecule has 0 fully saturated rings. The van der Waals surface area contributed by atoms with E-state index in [0.717, 1.165) is 33.4 Å². The molecule has 2 N–H and O–H groups in total. The molecule has 4 heteroatoms. The molecule has 0 heterocycles. The Balaban J connectivity index is 0.000000240. The summed E-state index contributed by atoms with van der Waals surface area (Å²) >= 11 is 0. The monoisotopic (exact) mass is 332 g/mol. The van der Waals surface area contributed by atoms with Gasteiger partial charge in [0.25, 0.3) is 0 Å². The van der Waals surface area contributed by atoms with E-state index in [0.29, 0.717) is 11.5 Å². The topological polar surface area (TPSA) is 40.5 Å². The van der Waals surface area contributed by atoms with Crippen molar-refractivity contribution in [3.05, 3.63) is 48.5 Å². The molecule has 0 unspecified atom stereocenters. The molecule has 0 spiro atoms. The van der Waals surface area contributed by atoms with E-state index in [9.17, 15) is 10.2 Å². The van der Waals surface area contributed by atoms with Crippen LogP contribution in [0.15, 0.2) is 48.5 Å². The predicted molar refractivity (Wildman–Crippen MR) is 105 cm³/mol. The van der Waals surface area contributed by atoms with Gasteiger partial charge in [-0.2, -0.15) is 0 Å². The standard InChI is InChI=1S/2C10H15NO/c2*1-4-11(2,3)9-6-5-7-10(12)8-9/h2*5-8H,4H2,1-3H3/p+2. The Bertz CT molecular complexity index is 594. The van der Waals surface area contributed by atoms with E-state index in [-0.39, 0.29) is 0 Å². The molecular formula is C20H32N2O2+2. The largest absolute Gasteiger partial charge is 0.508 e. The van der Waals surface area contributed by atoms with E-state index in [1.165, 1.54) is 0 Å². The lowest BCUT2D eigenvalue weighted by Crippen LogP contribution is -2.39. The molecule has 2 aromatic rings. The maximum atomic E-state index is 9.26. The van der Waals surface area contributed by atoms with Crippen LogP contribution >= 0.6 is 0 Å². The van der Waals surface area contributed by atoms with Gasteiger partial charge in [0, 0.05) is 12.1 Å². The molecular weight excluding hydrogens is 300 g/mol. The fourth-order valence-electron chi connectivity index (χ4n) is 2.10. The molecule has 24 heavy (non-hydrogen) atoms. The first-order chi connectivity index (χ1) is 11.1. The third-order valence-corrected chi connectivity index (χ3v) is 4.64. The Kier molecular flexibility index (Phi) is 6.81. The molecule has 0 aliphatic carbocycles. The summed E-state index contributed by atoms with van der Waals surface area (Å²) in [6.07, 6.45) is 0. The first-order valence-electron chi connectivity index (χ1n) is 8.37. The van der Waals surface area contributed by atoms with Gasteiger partial charge in [-0.05, 0) is 38.1 Å². The predicted octanol–water partition coefficient (Wildman–Crippen LogP) is 3.96. The van der Waals surface area contributed by atoms with E-state index in [1.54, 1.807) is 12.1 Å². The van der Waals surface area contributed by atoms with Gasteiger partial charge in [-0.1, -0.05) is 12.1 Å². The van der Waals surface area contributed by atoms with Crippen LogP contribution in [-0.4, -0.2) is 51.5 Å². The van der Waals surface area contributed by atoms with Crippen LogP contribution in [0, 0.1) is 0 Å². The number of aromatic hydroxyl groups is 2. The second-order valence-corrected chi connectivity index (χ2v) is 7.04. The zero-order chi connectivity index (χ0) is 18.4. The molecule has 0 saturated carbocycles. The van der Waals surface area contributed by atoms with E-state index in [2.05, 4.69) is 42.0 Å². The summed E-state index contributed by atoms with van der Waals surface area (Å²) in [7, 11) is 8.48. The highest BCUT2D eigenvalue weighted by molar-refractivity contribution is 5.47. The maximum Gasteiger partial charge on any atom is 0.136 e. The Hall–Kier alpha value is -2.04. The number of hydrogen-bond donors (Lipinski definition) is 2. The second kappa shape index (κ2) is 8.18. The molecule has 0 aromatic heterocycles. The average molecular weight is 332 g/mol. The van der Waals surface area contributed by atoms with Gasteiger partial charge in [0.2, 0.25) is 0 Å². The maximum absolute atomic E-state index is 9.26. The minimum atomic E-state index is 0.340. The minimum Gasteiger partial charge on any atom is -0.508 e. The number of phenolic OH excluding ortho intramolecular Hbond substituents is 2. The van der Waals surface area contributed by atoms with Gasteiger partial charge in [0.15, 0.2) is 0 Å². The van der Waals surface area contributed by atoms with Crippen LogP contribution < -0.4 is 8.97 Å². The van der Waals surface area contributed by atoms with Crippen molar-refractivity contribution in [1.82, 2.24) is 8.97 Å². The van der Waals surface area contributed by atoms with Gasteiger partial charge >= 0.3 is 0 Å². The Labute approximate surface area is 146 Å². The number of phenols is 2. The van der Waals surface area contributed by atoms with Gasteiger partial charge in [0.05, 0.1) is 41.3 Å². The van der Waals surface area contributed by atoms with Gasteiger partial charge < -0.3 is 10.2 Å². The third kappa shape index (κ3) is 5.55. The lowest BCUT2D eigenvalue weighted by Gasteiger charge is -2.27. The van der Waals surface area contributed by atoms with Gasteiger partial charge in [-0.25, -0.2) is 0 Å². The lowest BCUT2D eigenvalue weighted by molar-refractivity contribution is 0.415. The molecule has 0 saturated heterocycles. The van der Waals surface area contributed by atoms with Crippen LogP contribution in [0.25, 0.3) is 0 Å². The van der Waals surface area contributed by atoms with Crippen molar-refractivity contribution in [2.75, 3.05) is 41.3 Å². The SMILES string of the molecule is CC[N+](C)(C)c1cccc(O)c1.CC[N+](C)(C)c1cccc(O)c1. The highest BCUT2D eigenvalue weighted by Crippen LogP contribution is 2.23. The van der Waals surface area contributed by atoms with Crippen LogP contribution in [-0.2, 0) is 0 Å². The van der Waals surface area contributed by atoms with Crippen molar-refractivity contribution in [3.63, 3.8) is 0 Å². The molecule has 4 nitrogen and oxygen atoms in total. The van der Waals surface area contributed by atoms with Crippen molar-refractivity contribution in [3.8, 4) is 11.5 Å². The smallest absolute Gasteiger partial charge is 0.136 e. The fourth-order valence-corrected chi connectivity index (χ4v) is 2.10. The molecule has 0 amide bonds. The van der Waals surface area contributed by atoms with Crippen molar-refractivity contribution >= 4 is 11.4 Å². The van der Waals surface area contributed by atoms with Crippen LogP contribution in [0.2, 0.25) is 0 Å². The molecule has 0 aliphatic heterocycles. The quantitative estimate of drug-likeness (QED) is 0.832. The second-order valence-electron chi connectivity index (χ2n) is 7.04. The van der Waals surface area contributed by atoms with E-state index >= 15 is 0 Å². The van der Waals surface area contributed by atoms with Crippen LogP contribution in [0.4, 0.5) is 11.4 Å². The first-order valence-corrected chi connectivity index (χ1v) is 8.37. The number of nitrogens with zero attached hydrogens (tertiary/aromatic N) is 2. The number of rotatable bonds is 4. The van der Waals surface area contributed by atoms with E-state index in [1.807, 2.05) is 36.4 Å².